The van der Waals surface area contributed by atoms with Gasteiger partial charge in [-0.15, -0.1) is 0 Å². The van der Waals surface area contributed by atoms with Gasteiger partial charge in [0.1, 0.15) is 17.3 Å². The molecule has 13 heavy (non-hydrogen) atoms. The second kappa shape index (κ2) is 3.05. The fourth-order valence-electron chi connectivity index (χ4n) is 1.20. The Morgan fingerprint density at radius 1 is 1.00 bits per heavy atom. The third-order valence-corrected chi connectivity index (χ3v) is 1.87. The summed E-state index contributed by atoms with van der Waals surface area (Å²) in [6, 6.07) is 10.0. The molecule has 0 bridgehead atoms. The van der Waals surface area contributed by atoms with Crippen molar-refractivity contribution < 1.29 is 8.81 Å². The van der Waals surface area contributed by atoms with Crippen LogP contribution in [0, 0.1) is 12.7 Å². The molecule has 1 aromatic heterocycles. The Labute approximate surface area is 75.8 Å². The highest BCUT2D eigenvalue weighted by molar-refractivity contribution is 5.57. The first-order valence-corrected chi connectivity index (χ1v) is 4.08. The molecule has 1 nitrogen and oxygen atoms in total. The van der Waals surface area contributed by atoms with E-state index in [4.69, 9.17) is 4.42 Å². The molecule has 1 aromatic carbocycles. The minimum atomic E-state index is -0.230. The Bertz CT molecular complexity index is 400. The van der Waals surface area contributed by atoms with E-state index in [9.17, 15) is 4.39 Å². The van der Waals surface area contributed by atoms with Gasteiger partial charge in [-0.25, -0.2) is 4.39 Å². The first kappa shape index (κ1) is 8.05. The molecular weight excluding hydrogens is 166 g/mol. The van der Waals surface area contributed by atoms with Gasteiger partial charge in [-0.3, -0.25) is 0 Å². The van der Waals surface area contributed by atoms with Crippen LogP contribution in [0.25, 0.3) is 11.3 Å². The van der Waals surface area contributed by atoms with Gasteiger partial charge in [0.25, 0.3) is 0 Å². The second-order valence-electron chi connectivity index (χ2n) is 2.92. The summed E-state index contributed by atoms with van der Waals surface area (Å²) in [6.45, 7) is 1.88. The maximum absolute atomic E-state index is 12.6. The Kier molecular flexibility index (Phi) is 1.89. The molecule has 0 aliphatic heterocycles. The lowest BCUT2D eigenvalue weighted by atomic mass is 10.2. The number of benzene rings is 1. The number of hydrogen-bond acceptors (Lipinski definition) is 1. The van der Waals surface area contributed by atoms with Crippen molar-refractivity contribution in [2.45, 2.75) is 6.92 Å². The maximum Gasteiger partial charge on any atom is 0.134 e. The van der Waals surface area contributed by atoms with Crippen LogP contribution < -0.4 is 0 Å². The van der Waals surface area contributed by atoms with Gasteiger partial charge in [-0.1, -0.05) is 0 Å². The molecule has 66 valence electrons. The molecular formula is C11H9FO. The first-order valence-electron chi connectivity index (χ1n) is 4.08. The van der Waals surface area contributed by atoms with E-state index in [1.54, 1.807) is 12.1 Å². The number of furan rings is 1. The zero-order valence-electron chi connectivity index (χ0n) is 7.25. The molecule has 2 aromatic rings. The molecule has 0 aliphatic carbocycles. The van der Waals surface area contributed by atoms with Gasteiger partial charge >= 0.3 is 0 Å². The average molecular weight is 175 g/mol. The van der Waals surface area contributed by atoms with E-state index in [-0.39, 0.29) is 5.82 Å². The summed E-state index contributed by atoms with van der Waals surface area (Å²) in [5.74, 6) is 1.41. The molecule has 0 unspecified atom stereocenters. The number of hydrogen-bond donors (Lipinski definition) is 0. The van der Waals surface area contributed by atoms with Crippen LogP contribution in [0.2, 0.25) is 0 Å². The topological polar surface area (TPSA) is 13.1 Å². The molecule has 0 N–H and O–H groups in total. The van der Waals surface area contributed by atoms with E-state index in [0.717, 1.165) is 17.1 Å². The summed E-state index contributed by atoms with van der Waals surface area (Å²) < 4.78 is 18.0. The lowest BCUT2D eigenvalue weighted by molar-refractivity contribution is 0.548. The van der Waals surface area contributed by atoms with Crippen LogP contribution in [0.4, 0.5) is 4.39 Å². The Morgan fingerprint density at radius 3 is 2.23 bits per heavy atom. The monoisotopic (exact) mass is 175 g/mol. The van der Waals surface area contributed by atoms with Crippen molar-refractivity contribution in [2.24, 2.45) is 0 Å². The molecule has 0 amide bonds. The fraction of sp³-hybridized carbons (Fsp3) is 0.0909. The van der Waals surface area contributed by atoms with E-state index >= 15 is 0 Å². The third-order valence-electron chi connectivity index (χ3n) is 1.87. The molecule has 0 saturated carbocycles. The largest absolute Gasteiger partial charge is 0.461 e. The van der Waals surface area contributed by atoms with Gasteiger partial charge in [0, 0.05) is 5.56 Å². The van der Waals surface area contributed by atoms with Crippen molar-refractivity contribution in [2.75, 3.05) is 0 Å². The fourth-order valence-corrected chi connectivity index (χ4v) is 1.20. The molecule has 0 radical (unpaired) electrons. The first-order chi connectivity index (χ1) is 6.25. The highest BCUT2D eigenvalue weighted by Crippen LogP contribution is 2.21. The summed E-state index contributed by atoms with van der Waals surface area (Å²) in [6.07, 6.45) is 0. The summed E-state index contributed by atoms with van der Waals surface area (Å²) in [7, 11) is 0. The number of aryl methyl sites for hydroxylation is 1. The average Bonchev–Trinajstić information content (AvgIpc) is 2.53. The molecule has 0 saturated heterocycles. The van der Waals surface area contributed by atoms with E-state index < -0.39 is 0 Å². The Morgan fingerprint density at radius 2 is 1.69 bits per heavy atom. The van der Waals surface area contributed by atoms with Gasteiger partial charge < -0.3 is 4.42 Å². The minimum Gasteiger partial charge on any atom is -0.461 e. The van der Waals surface area contributed by atoms with Crippen molar-refractivity contribution in [3.8, 4) is 11.3 Å². The van der Waals surface area contributed by atoms with Gasteiger partial charge in [-0.05, 0) is 43.3 Å². The highest BCUT2D eigenvalue weighted by Gasteiger charge is 2.01. The standard InChI is InChI=1S/C11H9FO/c1-8-2-7-11(13-8)9-3-5-10(12)6-4-9/h2-7H,1H3/i12-1. The van der Waals surface area contributed by atoms with Gasteiger partial charge in [0.05, 0.1) is 0 Å². The van der Waals surface area contributed by atoms with E-state index in [0.29, 0.717) is 0 Å². The molecule has 0 aliphatic rings. The molecule has 2 heteroatoms. The van der Waals surface area contributed by atoms with Crippen LogP contribution >= 0.6 is 0 Å². The van der Waals surface area contributed by atoms with Crippen LogP contribution in [0.15, 0.2) is 40.8 Å². The van der Waals surface area contributed by atoms with Crippen LogP contribution in [0.3, 0.4) is 0 Å². The van der Waals surface area contributed by atoms with Crippen LogP contribution in [0.1, 0.15) is 5.76 Å². The van der Waals surface area contributed by atoms with Crippen LogP contribution in [-0.2, 0) is 0 Å². The smallest absolute Gasteiger partial charge is 0.134 e. The molecule has 0 atom stereocenters. The summed E-state index contributed by atoms with van der Waals surface area (Å²) in [4.78, 5) is 0. The number of rotatable bonds is 1. The number of halogens is 1. The van der Waals surface area contributed by atoms with Crippen LogP contribution in [-0.4, -0.2) is 0 Å². The minimum absolute atomic E-state index is 0.230. The Balaban J connectivity index is 2.41. The highest BCUT2D eigenvalue weighted by atomic mass is 18.2. The van der Waals surface area contributed by atoms with Crippen LogP contribution in [0.5, 0.6) is 0 Å². The SMILES string of the molecule is Cc1ccc(-c2ccc([18F])cc2)o1. The molecule has 1 heterocycles. The van der Waals surface area contributed by atoms with E-state index in [1.165, 1.54) is 12.1 Å². The van der Waals surface area contributed by atoms with Crippen molar-refractivity contribution in [3.63, 3.8) is 0 Å². The third kappa shape index (κ3) is 1.61. The summed E-state index contributed by atoms with van der Waals surface area (Å²) in [5.41, 5.74) is 0.898. The normalized spacial score (nSPS) is 10.3. The van der Waals surface area contributed by atoms with Crippen molar-refractivity contribution in [3.05, 3.63) is 48.0 Å². The van der Waals surface area contributed by atoms with Gasteiger partial charge in [0.15, 0.2) is 0 Å². The predicted octanol–water partition coefficient (Wildman–Crippen LogP) is 3.39. The summed E-state index contributed by atoms with van der Waals surface area (Å²) >= 11 is 0. The zero-order valence-corrected chi connectivity index (χ0v) is 7.25. The van der Waals surface area contributed by atoms with Crippen molar-refractivity contribution in [1.29, 1.82) is 0 Å². The van der Waals surface area contributed by atoms with E-state index in [2.05, 4.69) is 0 Å². The quantitative estimate of drug-likeness (QED) is 0.647. The summed E-state index contributed by atoms with van der Waals surface area (Å²) in [5, 5.41) is 0. The molecule has 2 rings (SSSR count). The lowest BCUT2D eigenvalue weighted by Gasteiger charge is -1.95. The lowest BCUT2D eigenvalue weighted by Crippen LogP contribution is -1.74. The maximum atomic E-state index is 12.6. The Hall–Kier alpha value is -1.57. The van der Waals surface area contributed by atoms with Gasteiger partial charge in [-0.2, -0.15) is 0 Å². The molecule has 0 spiro atoms. The van der Waals surface area contributed by atoms with Crippen molar-refractivity contribution in [1.82, 2.24) is 0 Å². The zero-order chi connectivity index (χ0) is 9.26. The molecule has 0 fully saturated rings. The second-order valence-corrected chi connectivity index (χ2v) is 2.92. The van der Waals surface area contributed by atoms with E-state index in [1.807, 2.05) is 19.1 Å². The van der Waals surface area contributed by atoms with Crippen molar-refractivity contribution >= 4 is 0 Å². The van der Waals surface area contributed by atoms with Gasteiger partial charge in [0.2, 0.25) is 0 Å². The predicted molar refractivity (Wildman–Crippen MR) is 48.8 cm³/mol.